The van der Waals surface area contributed by atoms with E-state index < -0.39 is 0 Å². The summed E-state index contributed by atoms with van der Waals surface area (Å²) in [4.78, 5) is 5.09. The van der Waals surface area contributed by atoms with Crippen molar-refractivity contribution >= 4 is 0 Å². The fraction of sp³-hybridized carbons (Fsp3) is 0.765. The van der Waals surface area contributed by atoms with Gasteiger partial charge in [-0.15, -0.1) is 0 Å². The SMILES string of the molecule is CCCNCc1ccoc1CN1CCN(CC(C)C)CC1. The molecule has 0 atom stereocenters. The molecule has 0 unspecified atom stereocenters. The van der Waals surface area contributed by atoms with E-state index in [4.69, 9.17) is 4.42 Å². The second-order valence-corrected chi connectivity index (χ2v) is 6.52. The maximum absolute atomic E-state index is 5.69. The summed E-state index contributed by atoms with van der Waals surface area (Å²) < 4.78 is 5.69. The fourth-order valence-corrected chi connectivity index (χ4v) is 2.91. The van der Waals surface area contributed by atoms with Gasteiger partial charge in [-0.25, -0.2) is 0 Å². The molecule has 2 rings (SSSR count). The first-order valence-corrected chi connectivity index (χ1v) is 8.39. The van der Waals surface area contributed by atoms with E-state index in [-0.39, 0.29) is 0 Å². The molecule has 0 aromatic carbocycles. The molecule has 1 saturated heterocycles. The van der Waals surface area contributed by atoms with Crippen molar-refractivity contribution < 1.29 is 4.42 Å². The van der Waals surface area contributed by atoms with Gasteiger partial charge in [-0.2, -0.15) is 0 Å². The van der Waals surface area contributed by atoms with Gasteiger partial charge in [0.05, 0.1) is 12.8 Å². The zero-order chi connectivity index (χ0) is 15.1. The number of furan rings is 1. The molecule has 4 nitrogen and oxygen atoms in total. The number of nitrogens with zero attached hydrogens (tertiary/aromatic N) is 2. The van der Waals surface area contributed by atoms with E-state index in [0.717, 1.165) is 44.4 Å². The van der Waals surface area contributed by atoms with Crippen LogP contribution in [0.2, 0.25) is 0 Å². The minimum Gasteiger partial charge on any atom is -0.468 e. The monoisotopic (exact) mass is 293 g/mol. The fourth-order valence-electron chi connectivity index (χ4n) is 2.91. The number of nitrogens with one attached hydrogen (secondary N) is 1. The van der Waals surface area contributed by atoms with Gasteiger partial charge in [0.1, 0.15) is 5.76 Å². The van der Waals surface area contributed by atoms with Crippen LogP contribution in [0.25, 0.3) is 0 Å². The molecule has 1 fully saturated rings. The van der Waals surface area contributed by atoms with Crippen molar-refractivity contribution in [3.05, 3.63) is 23.7 Å². The summed E-state index contributed by atoms with van der Waals surface area (Å²) >= 11 is 0. The normalized spacial score (nSPS) is 17.7. The molecule has 0 saturated carbocycles. The summed E-state index contributed by atoms with van der Waals surface area (Å²) in [7, 11) is 0. The van der Waals surface area contributed by atoms with Gasteiger partial charge in [0.25, 0.3) is 0 Å². The Morgan fingerprint density at radius 1 is 1.19 bits per heavy atom. The van der Waals surface area contributed by atoms with E-state index in [2.05, 4.69) is 42.0 Å². The number of hydrogen-bond donors (Lipinski definition) is 1. The first kappa shape index (κ1) is 16.5. The molecule has 1 aromatic heterocycles. The second kappa shape index (κ2) is 8.57. The third kappa shape index (κ3) is 5.46. The predicted molar refractivity (Wildman–Crippen MR) is 87.3 cm³/mol. The molecule has 0 bridgehead atoms. The van der Waals surface area contributed by atoms with Crippen LogP contribution in [0.15, 0.2) is 16.7 Å². The van der Waals surface area contributed by atoms with Gasteiger partial charge in [0.15, 0.2) is 0 Å². The molecule has 21 heavy (non-hydrogen) atoms. The maximum atomic E-state index is 5.69. The molecule has 4 heteroatoms. The van der Waals surface area contributed by atoms with Crippen molar-refractivity contribution in [2.24, 2.45) is 5.92 Å². The van der Waals surface area contributed by atoms with Crippen molar-refractivity contribution in [1.82, 2.24) is 15.1 Å². The Morgan fingerprint density at radius 2 is 1.90 bits per heavy atom. The van der Waals surface area contributed by atoms with E-state index in [1.807, 2.05) is 6.26 Å². The van der Waals surface area contributed by atoms with Crippen LogP contribution < -0.4 is 5.32 Å². The second-order valence-electron chi connectivity index (χ2n) is 6.52. The predicted octanol–water partition coefficient (Wildman–Crippen LogP) is 2.55. The molecule has 120 valence electrons. The lowest BCUT2D eigenvalue weighted by molar-refractivity contribution is 0.111. The smallest absolute Gasteiger partial charge is 0.122 e. The highest BCUT2D eigenvalue weighted by atomic mass is 16.3. The molecule has 1 aromatic rings. The van der Waals surface area contributed by atoms with Crippen LogP contribution >= 0.6 is 0 Å². The van der Waals surface area contributed by atoms with E-state index in [9.17, 15) is 0 Å². The van der Waals surface area contributed by atoms with Crippen LogP contribution in [0.4, 0.5) is 0 Å². The summed E-state index contributed by atoms with van der Waals surface area (Å²) in [5, 5.41) is 3.46. The van der Waals surface area contributed by atoms with Crippen LogP contribution in [-0.4, -0.2) is 49.1 Å². The highest BCUT2D eigenvalue weighted by molar-refractivity contribution is 5.16. The average molecular weight is 293 g/mol. The molecule has 1 N–H and O–H groups in total. The van der Waals surface area contributed by atoms with Crippen LogP contribution in [-0.2, 0) is 13.1 Å². The molecule has 0 amide bonds. The molecule has 0 radical (unpaired) electrons. The van der Waals surface area contributed by atoms with Crippen molar-refractivity contribution in [2.75, 3.05) is 39.3 Å². The lowest BCUT2D eigenvalue weighted by Crippen LogP contribution is -2.46. The first-order chi connectivity index (χ1) is 10.2. The largest absolute Gasteiger partial charge is 0.468 e. The molecule has 0 spiro atoms. The zero-order valence-electron chi connectivity index (χ0n) is 13.9. The Balaban J connectivity index is 1.77. The molecular weight excluding hydrogens is 262 g/mol. The highest BCUT2D eigenvalue weighted by Gasteiger charge is 2.19. The Hall–Kier alpha value is -0.840. The molecular formula is C17H31N3O. The molecule has 1 aliphatic heterocycles. The van der Waals surface area contributed by atoms with Gasteiger partial charge in [-0.05, 0) is 24.9 Å². The summed E-state index contributed by atoms with van der Waals surface area (Å²) in [6.45, 7) is 15.6. The Kier molecular flexibility index (Phi) is 6.74. The standard InChI is InChI=1S/C17H31N3O/c1-4-6-18-12-16-5-11-21-17(16)14-20-9-7-19(8-10-20)13-15(2)3/h5,11,15,18H,4,6-10,12-14H2,1-3H3. The van der Waals surface area contributed by atoms with Gasteiger partial charge in [-0.3, -0.25) is 4.90 Å². The van der Waals surface area contributed by atoms with Crippen molar-refractivity contribution in [2.45, 2.75) is 40.3 Å². The Labute approximate surface area is 129 Å². The average Bonchev–Trinajstić information content (AvgIpc) is 2.88. The van der Waals surface area contributed by atoms with E-state index in [0.29, 0.717) is 0 Å². The minimum atomic E-state index is 0.762. The topological polar surface area (TPSA) is 31.7 Å². The Bertz CT molecular complexity index is 394. The van der Waals surface area contributed by atoms with Crippen LogP contribution in [0.5, 0.6) is 0 Å². The maximum Gasteiger partial charge on any atom is 0.122 e. The van der Waals surface area contributed by atoms with E-state index in [1.54, 1.807) is 0 Å². The van der Waals surface area contributed by atoms with Crippen molar-refractivity contribution in [3.63, 3.8) is 0 Å². The summed E-state index contributed by atoms with van der Waals surface area (Å²) in [5.41, 5.74) is 1.31. The van der Waals surface area contributed by atoms with Crippen LogP contribution in [0.1, 0.15) is 38.5 Å². The van der Waals surface area contributed by atoms with Crippen molar-refractivity contribution in [1.29, 1.82) is 0 Å². The van der Waals surface area contributed by atoms with Crippen LogP contribution in [0, 0.1) is 5.92 Å². The van der Waals surface area contributed by atoms with Gasteiger partial charge in [0, 0.05) is 44.8 Å². The summed E-state index contributed by atoms with van der Waals surface area (Å²) in [5.74, 6) is 1.90. The van der Waals surface area contributed by atoms with E-state index in [1.165, 1.54) is 31.6 Å². The molecule has 1 aliphatic rings. The summed E-state index contributed by atoms with van der Waals surface area (Å²) in [6, 6.07) is 2.10. The third-order valence-corrected chi connectivity index (χ3v) is 4.04. The summed E-state index contributed by atoms with van der Waals surface area (Å²) in [6.07, 6.45) is 3.00. The molecule has 2 heterocycles. The lowest BCUT2D eigenvalue weighted by atomic mass is 10.2. The van der Waals surface area contributed by atoms with Gasteiger partial charge < -0.3 is 14.6 Å². The number of hydrogen-bond acceptors (Lipinski definition) is 4. The highest BCUT2D eigenvalue weighted by Crippen LogP contribution is 2.15. The first-order valence-electron chi connectivity index (χ1n) is 8.39. The van der Waals surface area contributed by atoms with Gasteiger partial charge in [0.2, 0.25) is 0 Å². The van der Waals surface area contributed by atoms with Gasteiger partial charge >= 0.3 is 0 Å². The Morgan fingerprint density at radius 3 is 2.57 bits per heavy atom. The lowest BCUT2D eigenvalue weighted by Gasteiger charge is -2.35. The zero-order valence-corrected chi connectivity index (χ0v) is 13.9. The number of piperazine rings is 1. The minimum absolute atomic E-state index is 0.762. The quantitative estimate of drug-likeness (QED) is 0.747. The number of rotatable bonds is 8. The van der Waals surface area contributed by atoms with Crippen LogP contribution in [0.3, 0.4) is 0 Å². The van der Waals surface area contributed by atoms with E-state index >= 15 is 0 Å². The third-order valence-electron chi connectivity index (χ3n) is 4.04. The van der Waals surface area contributed by atoms with Crippen molar-refractivity contribution in [3.8, 4) is 0 Å². The van der Waals surface area contributed by atoms with Gasteiger partial charge in [-0.1, -0.05) is 20.8 Å². The molecule has 0 aliphatic carbocycles.